The first-order valence-electron chi connectivity index (χ1n) is 33.7. The molecule has 468 valence electrons. The van der Waals surface area contributed by atoms with Crippen molar-refractivity contribution in [1.82, 2.24) is 29.9 Å². The van der Waals surface area contributed by atoms with Crippen molar-refractivity contribution in [1.29, 1.82) is 0 Å². The van der Waals surface area contributed by atoms with Gasteiger partial charge >= 0.3 is 0 Å². The minimum Gasteiger partial charge on any atom is -0.264 e. The van der Waals surface area contributed by atoms with E-state index in [0.29, 0.717) is 11.6 Å². The largest absolute Gasteiger partial charge is 0.264 e. The summed E-state index contributed by atoms with van der Waals surface area (Å²) in [6.45, 7) is 0. The van der Waals surface area contributed by atoms with Crippen LogP contribution < -0.4 is 0 Å². The Hall–Kier alpha value is -13.4. The van der Waals surface area contributed by atoms with Crippen LogP contribution in [0.15, 0.2) is 377 Å². The van der Waals surface area contributed by atoms with E-state index in [-0.39, 0.29) is 0 Å². The number of hydrogen-bond donors (Lipinski definition) is 0. The molecule has 100 heavy (non-hydrogen) atoms. The number of aromatic nitrogens is 6. The fraction of sp³-hybridized carbons (Fsp3) is 0. The minimum absolute atomic E-state index is 0.687. The van der Waals surface area contributed by atoms with Gasteiger partial charge in [0.25, 0.3) is 0 Å². The van der Waals surface area contributed by atoms with Crippen LogP contribution in [0.2, 0.25) is 0 Å². The number of benzene rings is 14. The fourth-order valence-corrected chi connectivity index (χ4v) is 13.5. The molecule has 0 fully saturated rings. The topological polar surface area (TPSA) is 77.3 Å². The van der Waals surface area contributed by atoms with Gasteiger partial charge in [0.1, 0.15) is 0 Å². The van der Waals surface area contributed by atoms with Crippen molar-refractivity contribution < 1.29 is 0 Å². The molecular weight excluding hydrogens is 1210 g/mol. The van der Waals surface area contributed by atoms with Gasteiger partial charge < -0.3 is 0 Å². The molecule has 6 heteroatoms. The Morgan fingerprint density at radius 2 is 0.540 bits per heavy atom. The Kier molecular flexibility index (Phi) is 16.3. The highest BCUT2D eigenvalue weighted by molar-refractivity contribution is 5.98. The molecule has 0 N–H and O–H groups in total. The molecule has 0 aliphatic heterocycles. The van der Waals surface area contributed by atoms with Gasteiger partial charge in [-0.05, 0) is 141 Å². The van der Waals surface area contributed by atoms with Gasteiger partial charge in [-0.1, -0.05) is 309 Å². The molecular formula is C94H62N6. The van der Waals surface area contributed by atoms with Gasteiger partial charge in [-0.3, -0.25) is 9.97 Å². The van der Waals surface area contributed by atoms with Crippen LogP contribution >= 0.6 is 0 Å². The van der Waals surface area contributed by atoms with Crippen LogP contribution in [0.1, 0.15) is 0 Å². The second kappa shape index (κ2) is 27.0. The summed E-state index contributed by atoms with van der Waals surface area (Å²) in [4.78, 5) is 29.5. The molecule has 4 aromatic heterocycles. The summed E-state index contributed by atoms with van der Waals surface area (Å²) in [7, 11) is 0. The van der Waals surface area contributed by atoms with Crippen LogP contribution in [-0.2, 0) is 0 Å². The Bertz CT molecular complexity index is 5990. The molecule has 0 bridgehead atoms. The smallest absolute Gasteiger partial charge is 0.160 e. The standard InChI is InChI=1S/2C47H31N3/c1-2-11-36-27-38(25-22-32(36)9-1)37-13-5-16-41(28-37)47-49-45(35-23-20-33(21-24-35)42-17-8-26-48-31-42)30-46(50-47)40-15-6-14-39(29-40)44-19-7-12-34-10-3-4-18-43(34)44;1-2-8-32(9-3-1)34-14-21-37(22-15-34)45-29-46(38-23-19-36(20-24-38)44-31-48-30-42-12-6-7-13-43(42)44)50-47(49-45)39-25-16-35(17-26-39)41-27-18-33-10-4-5-11-40(33)28-41/h2*1-31H. The van der Waals surface area contributed by atoms with Crippen molar-refractivity contribution in [3.63, 3.8) is 0 Å². The minimum atomic E-state index is 0.687. The lowest BCUT2D eigenvalue weighted by Gasteiger charge is -2.13. The van der Waals surface area contributed by atoms with E-state index in [4.69, 9.17) is 19.9 Å². The van der Waals surface area contributed by atoms with Crippen molar-refractivity contribution in [2.75, 3.05) is 0 Å². The molecule has 0 aliphatic carbocycles. The first-order chi connectivity index (χ1) is 49.5. The van der Waals surface area contributed by atoms with Gasteiger partial charge in [0, 0.05) is 69.1 Å². The van der Waals surface area contributed by atoms with Crippen LogP contribution in [0.25, 0.3) is 178 Å². The Morgan fingerprint density at radius 1 is 0.160 bits per heavy atom. The normalized spacial score (nSPS) is 11.2. The van der Waals surface area contributed by atoms with Crippen molar-refractivity contribution in [2.45, 2.75) is 0 Å². The molecule has 0 aliphatic rings. The molecule has 6 nitrogen and oxygen atoms in total. The number of hydrogen-bond acceptors (Lipinski definition) is 6. The van der Waals surface area contributed by atoms with Crippen LogP contribution in [0.4, 0.5) is 0 Å². The van der Waals surface area contributed by atoms with Gasteiger partial charge in [0.15, 0.2) is 11.6 Å². The van der Waals surface area contributed by atoms with Gasteiger partial charge in [-0.15, -0.1) is 0 Å². The third-order valence-electron chi connectivity index (χ3n) is 18.8. The van der Waals surface area contributed by atoms with E-state index in [9.17, 15) is 0 Å². The van der Waals surface area contributed by atoms with Crippen LogP contribution in [0, 0.1) is 0 Å². The van der Waals surface area contributed by atoms with E-state index in [0.717, 1.165) is 106 Å². The predicted molar refractivity (Wildman–Crippen MR) is 415 cm³/mol. The van der Waals surface area contributed by atoms with Crippen LogP contribution in [-0.4, -0.2) is 29.9 Å². The average molecular weight is 1280 g/mol. The monoisotopic (exact) mass is 1270 g/mol. The first-order valence-corrected chi connectivity index (χ1v) is 33.7. The first kappa shape index (κ1) is 60.3. The fourth-order valence-electron chi connectivity index (χ4n) is 13.5. The Labute approximate surface area is 580 Å². The van der Waals surface area contributed by atoms with E-state index in [1.54, 1.807) is 6.20 Å². The number of fused-ring (bicyclic) bond motifs is 4. The summed E-state index contributed by atoms with van der Waals surface area (Å²) in [6, 6.07) is 124. The Balaban J connectivity index is 0.000000150. The van der Waals surface area contributed by atoms with Crippen LogP contribution in [0.3, 0.4) is 0 Å². The van der Waals surface area contributed by atoms with Crippen molar-refractivity contribution >= 4 is 43.1 Å². The third-order valence-corrected chi connectivity index (χ3v) is 18.8. The van der Waals surface area contributed by atoms with Crippen molar-refractivity contribution in [3.05, 3.63) is 377 Å². The quantitative estimate of drug-likeness (QED) is 0.121. The van der Waals surface area contributed by atoms with Gasteiger partial charge in [0.2, 0.25) is 0 Å². The molecule has 0 unspecified atom stereocenters. The van der Waals surface area contributed by atoms with Crippen LogP contribution in [0.5, 0.6) is 0 Å². The lowest BCUT2D eigenvalue weighted by atomic mass is 9.96. The van der Waals surface area contributed by atoms with Gasteiger partial charge in [-0.2, -0.15) is 0 Å². The highest BCUT2D eigenvalue weighted by Gasteiger charge is 2.17. The van der Waals surface area contributed by atoms with Crippen molar-refractivity contribution in [3.8, 4) is 135 Å². The molecule has 4 heterocycles. The maximum absolute atomic E-state index is 5.23. The SMILES string of the molecule is c1ccc(-c2ccc(-c3cc(-c4ccc(-c5cncc6ccccc56)cc4)nc(-c4ccc(-c5ccc6ccccc6c5)cc4)n3)cc2)cc1.c1cncc(-c2ccc(-c3cc(-c4cccc(-c5cccc6ccccc56)c4)nc(-c4cccc(-c5ccc6ccccc6c5)c4)n3)cc2)c1. The number of nitrogens with zero attached hydrogens (tertiary/aromatic N) is 6. The second-order valence-corrected chi connectivity index (χ2v) is 25.1. The lowest BCUT2D eigenvalue weighted by molar-refractivity contribution is 1.18. The van der Waals surface area contributed by atoms with E-state index >= 15 is 0 Å². The zero-order valence-corrected chi connectivity index (χ0v) is 54.5. The van der Waals surface area contributed by atoms with Gasteiger partial charge in [-0.25, -0.2) is 19.9 Å². The Morgan fingerprint density at radius 3 is 1.15 bits per heavy atom. The third kappa shape index (κ3) is 12.6. The number of pyridine rings is 2. The summed E-state index contributed by atoms with van der Waals surface area (Å²) >= 11 is 0. The highest BCUT2D eigenvalue weighted by Crippen LogP contribution is 2.38. The molecule has 0 radical (unpaired) electrons. The maximum Gasteiger partial charge on any atom is 0.160 e. The second-order valence-electron chi connectivity index (χ2n) is 25.1. The summed E-state index contributed by atoms with van der Waals surface area (Å²) in [5, 5.41) is 9.69. The molecule has 0 saturated carbocycles. The molecule has 0 atom stereocenters. The summed E-state index contributed by atoms with van der Waals surface area (Å²) in [5.74, 6) is 1.38. The summed E-state index contributed by atoms with van der Waals surface area (Å²) < 4.78 is 0. The zero-order valence-electron chi connectivity index (χ0n) is 54.5. The summed E-state index contributed by atoms with van der Waals surface area (Å²) in [6.07, 6.45) is 7.55. The molecule has 0 saturated heterocycles. The molecule has 0 amide bonds. The van der Waals surface area contributed by atoms with E-state index in [2.05, 4.69) is 344 Å². The molecule has 0 spiro atoms. The lowest BCUT2D eigenvalue weighted by Crippen LogP contribution is -1.96. The molecule has 14 aromatic carbocycles. The zero-order chi connectivity index (χ0) is 66.6. The summed E-state index contributed by atoms with van der Waals surface area (Å²) in [5.41, 5.74) is 23.4. The van der Waals surface area contributed by atoms with E-state index in [1.165, 1.54) is 60.0 Å². The average Bonchev–Trinajstić information content (AvgIpc) is 0.859. The van der Waals surface area contributed by atoms with E-state index < -0.39 is 0 Å². The van der Waals surface area contributed by atoms with Crippen molar-refractivity contribution in [2.24, 2.45) is 0 Å². The highest BCUT2D eigenvalue weighted by atomic mass is 14.9. The number of rotatable bonds is 12. The molecule has 18 rings (SSSR count). The van der Waals surface area contributed by atoms with Gasteiger partial charge in [0.05, 0.1) is 22.8 Å². The molecule has 18 aromatic rings. The maximum atomic E-state index is 5.23. The predicted octanol–water partition coefficient (Wildman–Crippen LogP) is 24.4. The van der Waals surface area contributed by atoms with E-state index in [1.807, 2.05) is 36.8 Å².